The number of hydrogen-bond donors (Lipinski definition) is 2. The van der Waals surface area contributed by atoms with Crippen molar-refractivity contribution < 1.29 is 9.59 Å². The van der Waals surface area contributed by atoms with E-state index >= 15 is 0 Å². The van der Waals surface area contributed by atoms with Crippen molar-refractivity contribution in [3.63, 3.8) is 0 Å². The number of halogens is 1. The summed E-state index contributed by atoms with van der Waals surface area (Å²) >= 11 is 5.92. The number of fused-ring (bicyclic) bond motifs is 1. The predicted octanol–water partition coefficient (Wildman–Crippen LogP) is 2.77. The minimum absolute atomic E-state index is 0.217. The van der Waals surface area contributed by atoms with Gasteiger partial charge >= 0.3 is 0 Å². The number of carbonyl (C=O) groups is 2. The van der Waals surface area contributed by atoms with Gasteiger partial charge in [-0.05, 0) is 24.3 Å². The van der Waals surface area contributed by atoms with Crippen molar-refractivity contribution in [2.24, 2.45) is 5.73 Å². The Hall–Kier alpha value is -2.92. The molecule has 3 aromatic rings. The zero-order valence-electron chi connectivity index (χ0n) is 12.6. The Balaban J connectivity index is 2.10. The van der Waals surface area contributed by atoms with Crippen LogP contribution in [0.15, 0.2) is 54.6 Å². The van der Waals surface area contributed by atoms with Crippen LogP contribution in [0, 0.1) is 0 Å². The maximum absolute atomic E-state index is 12.4. The number of hydrogen-bond acceptors (Lipinski definition) is 3. The van der Waals surface area contributed by atoms with Gasteiger partial charge in [0.1, 0.15) is 0 Å². The SMILES string of the molecule is NC(=O)CNC(=O)c1cc(-c2ccc(Cl)cc2)nc2ccccc12. The maximum Gasteiger partial charge on any atom is 0.252 e. The Morgan fingerprint density at radius 1 is 1.08 bits per heavy atom. The van der Waals surface area contributed by atoms with Crippen LogP contribution in [0.25, 0.3) is 22.2 Å². The number of nitrogens with one attached hydrogen (secondary N) is 1. The topological polar surface area (TPSA) is 85.1 Å². The van der Waals surface area contributed by atoms with Crippen LogP contribution in [0.4, 0.5) is 0 Å². The van der Waals surface area contributed by atoms with Crippen molar-refractivity contribution in [3.05, 3.63) is 65.2 Å². The molecule has 2 aromatic carbocycles. The lowest BCUT2D eigenvalue weighted by Gasteiger charge is -2.10. The number of primary amides is 1. The minimum atomic E-state index is -0.598. The minimum Gasteiger partial charge on any atom is -0.368 e. The Bertz CT molecular complexity index is 923. The number of carbonyl (C=O) groups excluding carboxylic acids is 2. The number of nitrogens with zero attached hydrogens (tertiary/aromatic N) is 1. The van der Waals surface area contributed by atoms with Crippen LogP contribution in [0.3, 0.4) is 0 Å². The molecule has 0 aliphatic rings. The van der Waals surface area contributed by atoms with Gasteiger partial charge in [0.25, 0.3) is 5.91 Å². The first kappa shape index (κ1) is 16.0. The second-order valence-electron chi connectivity index (χ2n) is 5.23. The van der Waals surface area contributed by atoms with Gasteiger partial charge in [-0.25, -0.2) is 4.98 Å². The van der Waals surface area contributed by atoms with E-state index in [4.69, 9.17) is 17.3 Å². The van der Waals surface area contributed by atoms with Gasteiger partial charge in [0.2, 0.25) is 5.91 Å². The summed E-state index contributed by atoms with van der Waals surface area (Å²) in [5.41, 5.74) is 7.70. The Morgan fingerprint density at radius 2 is 1.79 bits per heavy atom. The molecule has 1 heterocycles. The van der Waals surface area contributed by atoms with Crippen molar-refractivity contribution in [2.45, 2.75) is 0 Å². The molecule has 0 bridgehead atoms. The molecule has 0 fully saturated rings. The molecule has 0 saturated heterocycles. The molecule has 0 aliphatic carbocycles. The van der Waals surface area contributed by atoms with Crippen LogP contribution in [0.2, 0.25) is 5.02 Å². The van der Waals surface area contributed by atoms with Gasteiger partial charge in [-0.2, -0.15) is 0 Å². The van der Waals surface area contributed by atoms with E-state index in [-0.39, 0.29) is 12.5 Å². The number of rotatable bonds is 4. The molecule has 24 heavy (non-hydrogen) atoms. The maximum atomic E-state index is 12.4. The van der Waals surface area contributed by atoms with E-state index in [9.17, 15) is 9.59 Å². The molecule has 0 unspecified atom stereocenters. The molecular formula is C18H14ClN3O2. The summed E-state index contributed by atoms with van der Waals surface area (Å²) < 4.78 is 0. The highest BCUT2D eigenvalue weighted by molar-refractivity contribution is 6.30. The van der Waals surface area contributed by atoms with Crippen LogP contribution in [-0.4, -0.2) is 23.3 Å². The fourth-order valence-corrected chi connectivity index (χ4v) is 2.52. The van der Waals surface area contributed by atoms with Crippen molar-refractivity contribution in [1.29, 1.82) is 0 Å². The molecule has 0 spiro atoms. The summed E-state index contributed by atoms with van der Waals surface area (Å²) in [5, 5.41) is 3.85. The molecule has 0 atom stereocenters. The van der Waals surface area contributed by atoms with Gasteiger partial charge in [-0.1, -0.05) is 41.9 Å². The molecule has 1 aromatic heterocycles. The Morgan fingerprint density at radius 3 is 2.50 bits per heavy atom. The average Bonchev–Trinajstić information content (AvgIpc) is 2.59. The molecule has 120 valence electrons. The van der Waals surface area contributed by atoms with Crippen molar-refractivity contribution >= 4 is 34.3 Å². The quantitative estimate of drug-likeness (QED) is 0.766. The summed E-state index contributed by atoms with van der Waals surface area (Å²) in [5.74, 6) is -0.970. The molecule has 3 N–H and O–H groups in total. The summed E-state index contributed by atoms with van der Waals surface area (Å²) in [7, 11) is 0. The van der Waals surface area contributed by atoms with Gasteiger partial charge < -0.3 is 11.1 Å². The van der Waals surface area contributed by atoms with Crippen molar-refractivity contribution in [2.75, 3.05) is 6.54 Å². The van der Waals surface area contributed by atoms with E-state index in [1.807, 2.05) is 36.4 Å². The molecular weight excluding hydrogens is 326 g/mol. The Labute approximate surface area is 143 Å². The summed E-state index contributed by atoms with van der Waals surface area (Å²) in [6.45, 7) is -0.217. The second-order valence-corrected chi connectivity index (χ2v) is 5.66. The van der Waals surface area contributed by atoms with Crippen LogP contribution < -0.4 is 11.1 Å². The zero-order chi connectivity index (χ0) is 17.1. The highest BCUT2D eigenvalue weighted by atomic mass is 35.5. The third kappa shape index (κ3) is 3.36. The first-order valence-electron chi connectivity index (χ1n) is 7.27. The van der Waals surface area contributed by atoms with E-state index in [1.54, 1.807) is 18.2 Å². The van der Waals surface area contributed by atoms with E-state index in [0.29, 0.717) is 27.2 Å². The highest BCUT2D eigenvalue weighted by Crippen LogP contribution is 2.25. The van der Waals surface area contributed by atoms with Crippen LogP contribution in [-0.2, 0) is 4.79 Å². The van der Waals surface area contributed by atoms with E-state index < -0.39 is 5.91 Å². The summed E-state index contributed by atoms with van der Waals surface area (Å²) in [4.78, 5) is 27.9. The van der Waals surface area contributed by atoms with Crippen molar-refractivity contribution in [3.8, 4) is 11.3 Å². The van der Waals surface area contributed by atoms with Gasteiger partial charge in [0.05, 0.1) is 23.3 Å². The molecule has 0 radical (unpaired) electrons. The van der Waals surface area contributed by atoms with Gasteiger partial charge in [-0.15, -0.1) is 0 Å². The Kier molecular flexibility index (Phi) is 4.44. The van der Waals surface area contributed by atoms with E-state index in [1.165, 1.54) is 0 Å². The number of aromatic nitrogens is 1. The fraction of sp³-hybridized carbons (Fsp3) is 0.0556. The first-order valence-corrected chi connectivity index (χ1v) is 7.64. The zero-order valence-corrected chi connectivity index (χ0v) is 13.4. The smallest absolute Gasteiger partial charge is 0.252 e. The molecule has 0 saturated carbocycles. The van der Waals surface area contributed by atoms with Gasteiger partial charge in [0, 0.05) is 16.0 Å². The number of para-hydroxylation sites is 1. The lowest BCUT2D eigenvalue weighted by molar-refractivity contribution is -0.117. The lowest BCUT2D eigenvalue weighted by Crippen LogP contribution is -2.33. The summed E-state index contributed by atoms with van der Waals surface area (Å²) in [6, 6.07) is 16.2. The predicted molar refractivity (Wildman–Crippen MR) is 93.7 cm³/mol. The number of pyridine rings is 1. The van der Waals surface area contributed by atoms with Crippen molar-refractivity contribution in [1.82, 2.24) is 10.3 Å². The normalized spacial score (nSPS) is 10.5. The molecule has 0 aliphatic heterocycles. The van der Waals surface area contributed by atoms with Crippen LogP contribution in [0.5, 0.6) is 0 Å². The molecule has 2 amide bonds. The van der Waals surface area contributed by atoms with Gasteiger partial charge in [-0.3, -0.25) is 9.59 Å². The lowest BCUT2D eigenvalue weighted by atomic mass is 10.0. The largest absolute Gasteiger partial charge is 0.368 e. The van der Waals surface area contributed by atoms with Gasteiger partial charge in [0.15, 0.2) is 0 Å². The average molecular weight is 340 g/mol. The standard InChI is InChI=1S/C18H14ClN3O2/c19-12-7-5-11(6-8-12)16-9-14(18(24)21-10-17(20)23)13-3-1-2-4-15(13)22-16/h1-9H,10H2,(H2,20,23)(H,21,24). The fourth-order valence-electron chi connectivity index (χ4n) is 2.39. The second kappa shape index (κ2) is 6.68. The number of amides is 2. The summed E-state index contributed by atoms with van der Waals surface area (Å²) in [6.07, 6.45) is 0. The third-order valence-corrected chi connectivity index (χ3v) is 3.78. The van der Waals surface area contributed by atoms with E-state index in [2.05, 4.69) is 10.3 Å². The van der Waals surface area contributed by atoms with Crippen LogP contribution in [0.1, 0.15) is 10.4 Å². The number of benzene rings is 2. The molecule has 3 rings (SSSR count). The van der Waals surface area contributed by atoms with E-state index in [0.717, 1.165) is 5.56 Å². The van der Waals surface area contributed by atoms with Crippen LogP contribution >= 0.6 is 11.6 Å². The highest BCUT2D eigenvalue weighted by Gasteiger charge is 2.14. The number of nitrogens with two attached hydrogens (primary N) is 1. The molecule has 6 heteroatoms. The third-order valence-electron chi connectivity index (χ3n) is 3.52. The monoisotopic (exact) mass is 339 g/mol. The first-order chi connectivity index (χ1) is 11.5. The molecule has 5 nitrogen and oxygen atoms in total.